The minimum absolute atomic E-state index is 0. The average Bonchev–Trinajstić information content (AvgIpc) is 2.80. The second kappa shape index (κ2) is 10.4. The van der Waals surface area contributed by atoms with Gasteiger partial charge in [0.15, 0.2) is 0 Å². The van der Waals surface area contributed by atoms with Crippen LogP contribution in [0.15, 0.2) is 54.6 Å². The van der Waals surface area contributed by atoms with E-state index < -0.39 is 5.41 Å². The van der Waals surface area contributed by atoms with Gasteiger partial charge in [0.2, 0.25) is 0 Å². The standard InChI is InChI=1S/C25H29N3O3.2ClH/c26-14-18-6-8-20(9-7-18)23(29)28-16-25(17-28,21-4-2-1-3-5-21)24(30)31-22-15-27-12-10-19(22)11-13-27;;/h1-9,19,22H,10-17,26H2;2*1H. The Morgan fingerprint density at radius 2 is 1.61 bits per heavy atom. The molecule has 1 atom stereocenters. The number of amides is 1. The number of benzene rings is 2. The number of hydrogen-bond acceptors (Lipinski definition) is 5. The van der Waals surface area contributed by atoms with Crippen LogP contribution in [-0.4, -0.2) is 60.5 Å². The van der Waals surface area contributed by atoms with E-state index in [0.717, 1.165) is 43.6 Å². The first-order valence-electron chi connectivity index (χ1n) is 11.2. The van der Waals surface area contributed by atoms with E-state index in [4.69, 9.17) is 10.5 Å². The van der Waals surface area contributed by atoms with Gasteiger partial charge in [-0.2, -0.15) is 0 Å². The van der Waals surface area contributed by atoms with Gasteiger partial charge in [0, 0.05) is 31.7 Å². The van der Waals surface area contributed by atoms with Gasteiger partial charge >= 0.3 is 5.97 Å². The minimum atomic E-state index is -0.792. The molecule has 1 unspecified atom stereocenters. The normalized spacial score (nSPS) is 24.6. The molecular weight excluding hydrogens is 461 g/mol. The fourth-order valence-electron chi connectivity index (χ4n) is 5.20. The van der Waals surface area contributed by atoms with Crippen LogP contribution in [-0.2, 0) is 21.5 Å². The van der Waals surface area contributed by atoms with Crippen LogP contribution in [0, 0.1) is 5.92 Å². The molecule has 0 spiro atoms. The Morgan fingerprint density at radius 3 is 2.15 bits per heavy atom. The van der Waals surface area contributed by atoms with E-state index in [2.05, 4.69) is 4.90 Å². The van der Waals surface area contributed by atoms with Crippen LogP contribution in [0.3, 0.4) is 0 Å². The first-order chi connectivity index (χ1) is 15.1. The maximum atomic E-state index is 13.5. The highest BCUT2D eigenvalue weighted by Gasteiger charge is 2.54. The first kappa shape index (κ1) is 25.5. The summed E-state index contributed by atoms with van der Waals surface area (Å²) in [5.41, 5.74) is 7.39. The number of nitrogens with two attached hydrogens (primary N) is 1. The molecular formula is C25H31Cl2N3O3. The molecule has 8 heteroatoms. The van der Waals surface area contributed by atoms with Crippen LogP contribution >= 0.6 is 24.8 Å². The number of esters is 1. The van der Waals surface area contributed by atoms with Crippen LogP contribution in [0.4, 0.5) is 0 Å². The zero-order valence-corrected chi connectivity index (χ0v) is 20.2. The third-order valence-electron chi connectivity index (χ3n) is 7.22. The number of carbonyl (C=O) groups is 2. The summed E-state index contributed by atoms with van der Waals surface area (Å²) >= 11 is 0. The second-order valence-electron chi connectivity index (χ2n) is 9.09. The molecule has 0 radical (unpaired) electrons. The van der Waals surface area contributed by atoms with Crippen LogP contribution in [0.5, 0.6) is 0 Å². The van der Waals surface area contributed by atoms with E-state index in [1.807, 2.05) is 42.5 Å². The molecule has 4 fully saturated rings. The van der Waals surface area contributed by atoms with E-state index in [-0.39, 0.29) is 42.8 Å². The van der Waals surface area contributed by atoms with Gasteiger partial charge in [-0.05, 0) is 55.1 Å². The molecule has 4 aliphatic heterocycles. The van der Waals surface area contributed by atoms with E-state index in [0.29, 0.717) is 31.1 Å². The van der Waals surface area contributed by atoms with Crippen molar-refractivity contribution in [2.75, 3.05) is 32.7 Å². The van der Waals surface area contributed by atoms with Crippen molar-refractivity contribution in [3.63, 3.8) is 0 Å². The Balaban J connectivity index is 0.00000153. The molecule has 4 saturated heterocycles. The van der Waals surface area contributed by atoms with Crippen molar-refractivity contribution in [2.45, 2.75) is 30.9 Å². The molecule has 4 aliphatic rings. The number of hydrogen-bond donors (Lipinski definition) is 1. The maximum Gasteiger partial charge on any atom is 0.320 e. The van der Waals surface area contributed by atoms with Gasteiger partial charge in [-0.3, -0.25) is 14.5 Å². The van der Waals surface area contributed by atoms with Crippen LogP contribution < -0.4 is 5.73 Å². The molecule has 6 rings (SSSR count). The van der Waals surface area contributed by atoms with Crippen molar-refractivity contribution in [1.29, 1.82) is 0 Å². The van der Waals surface area contributed by atoms with Crippen LogP contribution in [0.1, 0.15) is 34.3 Å². The van der Waals surface area contributed by atoms with E-state index >= 15 is 0 Å². The fraction of sp³-hybridized carbons (Fsp3) is 0.440. The van der Waals surface area contributed by atoms with Gasteiger partial charge < -0.3 is 15.4 Å². The number of halogens is 2. The second-order valence-corrected chi connectivity index (χ2v) is 9.09. The summed E-state index contributed by atoms with van der Waals surface area (Å²) < 4.78 is 6.12. The predicted octanol–water partition coefficient (Wildman–Crippen LogP) is 3.02. The van der Waals surface area contributed by atoms with Crippen molar-refractivity contribution in [3.05, 3.63) is 71.3 Å². The van der Waals surface area contributed by atoms with Gasteiger partial charge in [0.05, 0.1) is 0 Å². The molecule has 2 N–H and O–H groups in total. The zero-order chi connectivity index (χ0) is 21.4. The van der Waals surface area contributed by atoms with Crippen LogP contribution in [0.2, 0.25) is 0 Å². The third kappa shape index (κ3) is 4.76. The van der Waals surface area contributed by atoms with Gasteiger partial charge in [0.1, 0.15) is 11.5 Å². The largest absolute Gasteiger partial charge is 0.460 e. The predicted molar refractivity (Wildman–Crippen MR) is 132 cm³/mol. The van der Waals surface area contributed by atoms with Crippen molar-refractivity contribution in [2.24, 2.45) is 11.7 Å². The highest BCUT2D eigenvalue weighted by atomic mass is 35.5. The van der Waals surface area contributed by atoms with Crippen molar-refractivity contribution >= 4 is 36.7 Å². The summed E-state index contributed by atoms with van der Waals surface area (Å²) in [6, 6.07) is 17.1. The molecule has 178 valence electrons. The fourth-order valence-corrected chi connectivity index (χ4v) is 5.20. The Bertz CT molecular complexity index is 957. The Morgan fingerprint density at radius 1 is 0.970 bits per heavy atom. The number of carbonyl (C=O) groups excluding carboxylic acids is 2. The molecule has 2 aromatic carbocycles. The molecule has 2 aromatic rings. The van der Waals surface area contributed by atoms with Crippen molar-refractivity contribution in [3.8, 4) is 0 Å². The Kier molecular flexibility index (Phi) is 8.06. The summed E-state index contributed by atoms with van der Waals surface area (Å²) in [6.45, 7) is 4.17. The number of piperidine rings is 3. The maximum absolute atomic E-state index is 13.5. The van der Waals surface area contributed by atoms with Gasteiger partial charge in [0.25, 0.3) is 5.91 Å². The highest BCUT2D eigenvalue weighted by Crippen LogP contribution is 2.39. The zero-order valence-electron chi connectivity index (χ0n) is 18.5. The lowest BCUT2D eigenvalue weighted by Gasteiger charge is -2.50. The summed E-state index contributed by atoms with van der Waals surface area (Å²) in [6.07, 6.45) is 2.16. The van der Waals surface area contributed by atoms with Gasteiger partial charge in [-0.1, -0.05) is 42.5 Å². The molecule has 1 amide bonds. The molecule has 0 aliphatic carbocycles. The van der Waals surface area contributed by atoms with E-state index in [9.17, 15) is 9.59 Å². The lowest BCUT2D eigenvalue weighted by atomic mass is 9.73. The lowest BCUT2D eigenvalue weighted by molar-refractivity contribution is -0.171. The molecule has 6 nitrogen and oxygen atoms in total. The molecule has 4 heterocycles. The van der Waals surface area contributed by atoms with Crippen LogP contribution in [0.25, 0.3) is 0 Å². The lowest BCUT2D eigenvalue weighted by Crippen LogP contribution is -2.66. The number of likely N-dealkylation sites (tertiary alicyclic amines) is 1. The summed E-state index contributed by atoms with van der Waals surface area (Å²) in [7, 11) is 0. The SMILES string of the molecule is Cl.Cl.NCc1ccc(C(=O)N2CC(C(=O)OC3CN4CCC3CC4)(c3ccccc3)C2)cc1. The van der Waals surface area contributed by atoms with Crippen molar-refractivity contribution < 1.29 is 14.3 Å². The monoisotopic (exact) mass is 491 g/mol. The van der Waals surface area contributed by atoms with Crippen molar-refractivity contribution in [1.82, 2.24) is 9.80 Å². The average molecular weight is 492 g/mol. The summed E-state index contributed by atoms with van der Waals surface area (Å²) in [5, 5.41) is 0. The van der Waals surface area contributed by atoms with E-state index in [1.165, 1.54) is 0 Å². The minimum Gasteiger partial charge on any atom is -0.460 e. The molecule has 33 heavy (non-hydrogen) atoms. The Labute approximate surface area is 207 Å². The highest BCUT2D eigenvalue weighted by molar-refractivity contribution is 5.97. The summed E-state index contributed by atoms with van der Waals surface area (Å²) in [4.78, 5) is 30.6. The molecule has 0 aromatic heterocycles. The summed E-state index contributed by atoms with van der Waals surface area (Å²) in [5.74, 6) is 0.200. The van der Waals surface area contributed by atoms with E-state index in [1.54, 1.807) is 17.0 Å². The number of fused-ring (bicyclic) bond motifs is 3. The smallest absolute Gasteiger partial charge is 0.320 e. The quantitative estimate of drug-likeness (QED) is 0.650. The molecule has 2 bridgehead atoms. The molecule has 0 saturated carbocycles. The number of ether oxygens (including phenoxy) is 1. The first-order valence-corrected chi connectivity index (χ1v) is 11.2. The third-order valence-corrected chi connectivity index (χ3v) is 7.22. The topological polar surface area (TPSA) is 75.9 Å². The van der Waals surface area contributed by atoms with Gasteiger partial charge in [-0.25, -0.2) is 0 Å². The Hall–Kier alpha value is -2.12. The number of nitrogens with zero attached hydrogens (tertiary/aromatic N) is 2. The van der Waals surface area contributed by atoms with Gasteiger partial charge in [-0.15, -0.1) is 24.8 Å². The number of rotatable bonds is 5.